The minimum Gasteiger partial charge on any atom is -0.481 e. The number of rotatable bonds is 7. The molecule has 6 heteroatoms. The molecule has 3 aromatic rings. The van der Waals surface area contributed by atoms with E-state index in [4.69, 9.17) is 5.11 Å². The third-order valence-electron chi connectivity index (χ3n) is 3.49. The molecule has 0 saturated carbocycles. The number of hydrogen-bond donors (Lipinski definition) is 2. The lowest BCUT2D eigenvalue weighted by atomic mass is 10.0. The van der Waals surface area contributed by atoms with Gasteiger partial charge in [0.15, 0.2) is 10.9 Å². The molecule has 0 spiro atoms. The lowest BCUT2D eigenvalue weighted by molar-refractivity contribution is -0.139. The molecular weight excluding hydrogens is 324 g/mol. The summed E-state index contributed by atoms with van der Waals surface area (Å²) in [5.74, 6) is -1.32. The second-order valence-corrected chi connectivity index (χ2v) is 6.42. The van der Waals surface area contributed by atoms with E-state index in [0.29, 0.717) is 5.16 Å². The zero-order chi connectivity index (χ0) is 16.9. The van der Waals surface area contributed by atoms with Gasteiger partial charge in [-0.1, -0.05) is 48.2 Å². The van der Waals surface area contributed by atoms with Crippen LogP contribution in [0.25, 0.3) is 11.0 Å². The number of thioether (sulfide) groups is 1. The maximum atomic E-state index is 11.5. The number of benzene rings is 2. The number of Topliss-reactive ketones (excluding diaryl/α,β-unsaturated/α-hetero) is 1. The van der Waals surface area contributed by atoms with Gasteiger partial charge in [-0.2, -0.15) is 0 Å². The first-order valence-corrected chi connectivity index (χ1v) is 8.47. The van der Waals surface area contributed by atoms with E-state index < -0.39 is 12.4 Å². The lowest BCUT2D eigenvalue weighted by Crippen LogP contribution is -2.08. The molecule has 0 aliphatic heterocycles. The Morgan fingerprint density at radius 3 is 2.62 bits per heavy atom. The average Bonchev–Trinajstić information content (AvgIpc) is 2.95. The summed E-state index contributed by atoms with van der Waals surface area (Å²) in [6.07, 6.45) is 0.393. The van der Waals surface area contributed by atoms with Crippen molar-refractivity contribution in [2.75, 3.05) is 5.75 Å². The molecule has 2 N–H and O–H groups in total. The first-order chi connectivity index (χ1) is 11.6. The molecule has 0 amide bonds. The molecule has 1 heterocycles. The molecule has 1 aromatic heterocycles. The minimum atomic E-state index is -1.10. The molecule has 0 saturated heterocycles. The number of nitrogens with zero attached hydrogens (tertiary/aromatic N) is 1. The summed E-state index contributed by atoms with van der Waals surface area (Å²) in [7, 11) is 0. The van der Waals surface area contributed by atoms with Gasteiger partial charge < -0.3 is 10.1 Å². The molecular formula is C18H16N2O3S. The van der Waals surface area contributed by atoms with Gasteiger partial charge in [-0.25, -0.2) is 4.98 Å². The van der Waals surface area contributed by atoms with Crippen LogP contribution in [0.5, 0.6) is 0 Å². The Bertz CT molecular complexity index is 874. The predicted molar refractivity (Wildman–Crippen MR) is 93.3 cm³/mol. The van der Waals surface area contributed by atoms with Crippen LogP contribution in [0.2, 0.25) is 0 Å². The van der Waals surface area contributed by atoms with Gasteiger partial charge in [0.05, 0.1) is 16.8 Å². The number of aliphatic carboxylic acids is 1. The summed E-state index contributed by atoms with van der Waals surface area (Å²) in [5.41, 5.74) is 4.16. The number of aromatic nitrogens is 2. The molecule has 3 rings (SSSR count). The molecule has 5 nitrogen and oxygen atoms in total. The van der Waals surface area contributed by atoms with E-state index in [-0.39, 0.29) is 11.5 Å². The van der Waals surface area contributed by atoms with Crippen molar-refractivity contribution in [1.82, 2.24) is 9.97 Å². The summed E-state index contributed by atoms with van der Waals surface area (Å²) >= 11 is 1.23. The van der Waals surface area contributed by atoms with Crippen LogP contribution in [0.15, 0.2) is 53.7 Å². The largest absolute Gasteiger partial charge is 0.481 e. The van der Waals surface area contributed by atoms with Crippen LogP contribution >= 0.6 is 11.8 Å². The molecule has 2 aromatic carbocycles. The fourth-order valence-electron chi connectivity index (χ4n) is 2.41. The van der Waals surface area contributed by atoms with Crippen LogP contribution in [0.3, 0.4) is 0 Å². The number of nitrogens with one attached hydrogen (secondary N) is 1. The third kappa shape index (κ3) is 4.23. The number of ketones is 1. The monoisotopic (exact) mass is 340 g/mol. The van der Waals surface area contributed by atoms with E-state index in [1.54, 1.807) is 0 Å². The topological polar surface area (TPSA) is 83.0 Å². The maximum absolute atomic E-state index is 11.5. The molecule has 0 atom stereocenters. The number of imidazole rings is 1. The van der Waals surface area contributed by atoms with Gasteiger partial charge in [-0.3, -0.25) is 9.59 Å². The van der Waals surface area contributed by atoms with Crippen molar-refractivity contribution in [1.29, 1.82) is 0 Å². The normalized spacial score (nSPS) is 10.8. The van der Waals surface area contributed by atoms with Crippen LogP contribution in [0, 0.1) is 0 Å². The zero-order valence-corrected chi connectivity index (χ0v) is 13.7. The highest BCUT2D eigenvalue weighted by Gasteiger charge is 2.10. The standard InChI is InChI=1S/C18H16N2O3S/c21-14(10-17(22)23)11-24-18-19-15-7-6-13(9-16(15)20-18)8-12-4-2-1-3-5-12/h1-7,9H,8,10-11H2,(H,19,20)(H,22,23). The molecule has 0 fully saturated rings. The van der Waals surface area contributed by atoms with Crippen LogP contribution in [-0.2, 0) is 16.0 Å². The van der Waals surface area contributed by atoms with Gasteiger partial charge in [-0.15, -0.1) is 0 Å². The van der Waals surface area contributed by atoms with Crippen molar-refractivity contribution in [3.63, 3.8) is 0 Å². The molecule has 122 valence electrons. The van der Waals surface area contributed by atoms with E-state index in [0.717, 1.165) is 17.5 Å². The number of carbonyl (C=O) groups is 2. The van der Waals surface area contributed by atoms with E-state index in [9.17, 15) is 9.59 Å². The number of carbonyl (C=O) groups excluding carboxylic acids is 1. The Labute approximate surface area is 143 Å². The first-order valence-electron chi connectivity index (χ1n) is 7.49. The highest BCUT2D eigenvalue weighted by Crippen LogP contribution is 2.22. The number of aromatic amines is 1. The van der Waals surface area contributed by atoms with Gasteiger partial charge in [0.25, 0.3) is 0 Å². The zero-order valence-electron chi connectivity index (χ0n) is 12.9. The van der Waals surface area contributed by atoms with Crippen molar-refractivity contribution in [2.45, 2.75) is 18.0 Å². The summed E-state index contributed by atoms with van der Waals surface area (Å²) in [4.78, 5) is 29.6. The van der Waals surface area contributed by atoms with E-state index in [1.807, 2.05) is 30.3 Å². The van der Waals surface area contributed by atoms with Crippen molar-refractivity contribution in [3.8, 4) is 0 Å². The van der Waals surface area contributed by atoms with E-state index >= 15 is 0 Å². The van der Waals surface area contributed by atoms with E-state index in [1.165, 1.54) is 22.9 Å². The number of fused-ring (bicyclic) bond motifs is 1. The van der Waals surface area contributed by atoms with Gasteiger partial charge in [0, 0.05) is 0 Å². The quantitative estimate of drug-likeness (QED) is 0.509. The number of hydrogen-bond acceptors (Lipinski definition) is 4. The van der Waals surface area contributed by atoms with Crippen molar-refractivity contribution in [3.05, 3.63) is 59.7 Å². The Kier molecular flexibility index (Phi) is 4.96. The second-order valence-electron chi connectivity index (χ2n) is 5.45. The predicted octanol–water partition coefficient (Wildman–Crippen LogP) is 3.29. The number of carboxylic acid groups (broad SMARTS) is 1. The highest BCUT2D eigenvalue weighted by atomic mass is 32.2. The molecule has 0 bridgehead atoms. The molecule has 0 aliphatic carbocycles. The summed E-state index contributed by atoms with van der Waals surface area (Å²) < 4.78 is 0. The fraction of sp³-hybridized carbons (Fsp3) is 0.167. The minimum absolute atomic E-state index is 0.100. The van der Waals surface area contributed by atoms with Crippen molar-refractivity contribution >= 4 is 34.5 Å². The second kappa shape index (κ2) is 7.31. The van der Waals surface area contributed by atoms with Crippen LogP contribution in [-0.4, -0.2) is 32.6 Å². The van der Waals surface area contributed by atoms with Gasteiger partial charge in [0.1, 0.15) is 6.42 Å². The van der Waals surface area contributed by atoms with Crippen LogP contribution < -0.4 is 0 Å². The SMILES string of the molecule is O=C(O)CC(=O)CSc1nc2ccc(Cc3ccccc3)cc2[nH]1. The van der Waals surface area contributed by atoms with Crippen LogP contribution in [0.4, 0.5) is 0 Å². The third-order valence-corrected chi connectivity index (χ3v) is 4.43. The smallest absolute Gasteiger partial charge is 0.310 e. The highest BCUT2D eigenvalue weighted by molar-refractivity contribution is 7.99. The Balaban J connectivity index is 1.69. The Morgan fingerprint density at radius 2 is 1.88 bits per heavy atom. The summed E-state index contributed by atoms with van der Waals surface area (Å²) in [5, 5.41) is 9.22. The molecule has 24 heavy (non-hydrogen) atoms. The van der Waals surface area contributed by atoms with Gasteiger partial charge in [-0.05, 0) is 29.7 Å². The average molecular weight is 340 g/mol. The molecule has 0 unspecified atom stereocenters. The molecule has 0 aliphatic rings. The van der Waals surface area contributed by atoms with Gasteiger partial charge >= 0.3 is 5.97 Å². The fourth-order valence-corrected chi connectivity index (χ4v) is 3.16. The first kappa shape index (κ1) is 16.3. The maximum Gasteiger partial charge on any atom is 0.310 e. The van der Waals surface area contributed by atoms with Crippen molar-refractivity contribution in [2.24, 2.45) is 0 Å². The summed E-state index contributed by atoms with van der Waals surface area (Å²) in [6.45, 7) is 0. The van der Waals surface area contributed by atoms with Crippen molar-refractivity contribution < 1.29 is 14.7 Å². The summed E-state index contributed by atoms with van der Waals surface area (Å²) in [6, 6.07) is 16.3. The Morgan fingerprint density at radius 1 is 1.08 bits per heavy atom. The van der Waals surface area contributed by atoms with Crippen LogP contribution in [0.1, 0.15) is 17.5 Å². The van der Waals surface area contributed by atoms with E-state index in [2.05, 4.69) is 28.2 Å². The Hall–Kier alpha value is -2.60. The number of H-pyrrole nitrogens is 1. The molecule has 0 radical (unpaired) electrons. The lowest BCUT2D eigenvalue weighted by Gasteiger charge is -2.01. The number of carboxylic acids is 1. The van der Waals surface area contributed by atoms with Gasteiger partial charge in [0.2, 0.25) is 0 Å².